The van der Waals surface area contributed by atoms with E-state index in [9.17, 15) is 4.79 Å². The summed E-state index contributed by atoms with van der Waals surface area (Å²) < 4.78 is 0. The molecule has 72 valence electrons. The largest absolute Gasteiger partial charge is 0.299 e. The summed E-state index contributed by atoms with van der Waals surface area (Å²) in [6.07, 6.45) is 0.585. The minimum absolute atomic E-state index is 0.210. The molecule has 0 aliphatic carbocycles. The molecule has 0 atom stereocenters. The molecule has 0 aliphatic heterocycles. The van der Waals surface area contributed by atoms with Crippen LogP contribution in [0.3, 0.4) is 0 Å². The number of carbonyl (C=O) groups excluding carboxylic acids is 1. The number of hydrogen-bond donors (Lipinski definition) is 0. The second-order valence-corrected chi connectivity index (χ2v) is 5.73. The van der Waals surface area contributed by atoms with Crippen molar-refractivity contribution < 1.29 is 4.79 Å². The third kappa shape index (κ3) is 2.96. The fraction of sp³-hybridized carbons (Fsp3) is 0.545. The zero-order valence-corrected chi connectivity index (χ0v) is 9.49. The highest BCUT2D eigenvalue weighted by molar-refractivity contribution is 7.12. The Bertz CT molecular complexity index is 304. The van der Waals surface area contributed by atoms with Crippen molar-refractivity contribution >= 4 is 17.1 Å². The highest BCUT2D eigenvalue weighted by atomic mass is 32.1. The molecular weight excluding hydrogens is 180 g/mol. The number of thiophene rings is 1. The molecule has 1 aromatic rings. The second kappa shape index (κ2) is 3.62. The molecule has 1 heterocycles. The van der Waals surface area contributed by atoms with E-state index in [1.165, 1.54) is 9.75 Å². The number of Topliss-reactive ketones (excluding diaryl/α,β-unsaturated/α-hetero) is 1. The minimum atomic E-state index is -0.210. The van der Waals surface area contributed by atoms with Gasteiger partial charge in [-0.1, -0.05) is 20.8 Å². The van der Waals surface area contributed by atoms with Crippen LogP contribution in [-0.2, 0) is 11.2 Å². The van der Waals surface area contributed by atoms with Crippen molar-refractivity contribution in [2.75, 3.05) is 0 Å². The second-order valence-electron chi connectivity index (χ2n) is 4.36. The smallest absolute Gasteiger partial charge is 0.143 e. The standard InChI is InChI=1S/C11H16OS/c1-8-5-6-9(13-8)7-10(12)11(2,3)4/h5-6H,7H2,1-4H3. The van der Waals surface area contributed by atoms with Crippen molar-refractivity contribution in [1.82, 2.24) is 0 Å². The predicted octanol–water partition coefficient (Wildman–Crippen LogP) is 3.21. The van der Waals surface area contributed by atoms with Crippen molar-refractivity contribution in [2.24, 2.45) is 5.41 Å². The molecule has 13 heavy (non-hydrogen) atoms. The maximum atomic E-state index is 11.6. The van der Waals surface area contributed by atoms with Gasteiger partial charge in [0.05, 0.1) is 0 Å². The number of rotatable bonds is 2. The summed E-state index contributed by atoms with van der Waals surface area (Å²) in [6.45, 7) is 7.97. The highest BCUT2D eigenvalue weighted by Crippen LogP contribution is 2.21. The van der Waals surface area contributed by atoms with E-state index in [0.717, 1.165) is 0 Å². The van der Waals surface area contributed by atoms with Crippen molar-refractivity contribution in [3.05, 3.63) is 21.9 Å². The molecule has 0 saturated heterocycles. The van der Waals surface area contributed by atoms with Gasteiger partial charge in [-0.2, -0.15) is 0 Å². The Morgan fingerprint density at radius 3 is 2.38 bits per heavy atom. The zero-order valence-electron chi connectivity index (χ0n) is 8.68. The third-order valence-corrected chi connectivity index (χ3v) is 2.97. The van der Waals surface area contributed by atoms with E-state index in [0.29, 0.717) is 12.2 Å². The highest BCUT2D eigenvalue weighted by Gasteiger charge is 2.21. The van der Waals surface area contributed by atoms with Gasteiger partial charge in [-0.05, 0) is 19.1 Å². The van der Waals surface area contributed by atoms with Crippen LogP contribution in [0.5, 0.6) is 0 Å². The Kier molecular flexibility index (Phi) is 2.91. The van der Waals surface area contributed by atoms with Crippen LogP contribution in [0.2, 0.25) is 0 Å². The van der Waals surface area contributed by atoms with E-state index >= 15 is 0 Å². The van der Waals surface area contributed by atoms with E-state index in [1.54, 1.807) is 11.3 Å². The van der Waals surface area contributed by atoms with Crippen LogP contribution in [0.1, 0.15) is 30.5 Å². The van der Waals surface area contributed by atoms with Crippen molar-refractivity contribution in [2.45, 2.75) is 34.1 Å². The van der Waals surface area contributed by atoms with E-state index in [1.807, 2.05) is 26.8 Å². The van der Waals surface area contributed by atoms with Crippen LogP contribution >= 0.6 is 11.3 Å². The molecule has 0 unspecified atom stereocenters. The van der Waals surface area contributed by atoms with Crippen molar-refractivity contribution in [3.8, 4) is 0 Å². The summed E-state index contributed by atoms with van der Waals surface area (Å²) in [5, 5.41) is 0. The predicted molar refractivity (Wildman–Crippen MR) is 57.2 cm³/mol. The lowest BCUT2D eigenvalue weighted by Gasteiger charge is -2.15. The molecule has 1 nitrogen and oxygen atoms in total. The number of carbonyl (C=O) groups is 1. The van der Waals surface area contributed by atoms with Crippen molar-refractivity contribution in [3.63, 3.8) is 0 Å². The lowest BCUT2D eigenvalue weighted by Crippen LogP contribution is -2.21. The first kappa shape index (κ1) is 10.5. The minimum Gasteiger partial charge on any atom is -0.299 e. The number of aryl methyl sites for hydroxylation is 1. The van der Waals surface area contributed by atoms with Crippen LogP contribution in [0.15, 0.2) is 12.1 Å². The Morgan fingerprint density at radius 1 is 1.38 bits per heavy atom. The summed E-state index contributed by atoms with van der Waals surface area (Å²) in [7, 11) is 0. The van der Waals surface area contributed by atoms with Gasteiger partial charge in [-0.3, -0.25) is 4.79 Å². The summed E-state index contributed by atoms with van der Waals surface area (Å²) in [4.78, 5) is 14.1. The average molecular weight is 196 g/mol. The van der Waals surface area contributed by atoms with Crippen LogP contribution in [0.4, 0.5) is 0 Å². The molecule has 0 saturated carbocycles. The normalized spacial score (nSPS) is 11.7. The maximum absolute atomic E-state index is 11.6. The van der Waals surface area contributed by atoms with E-state index in [2.05, 4.69) is 13.0 Å². The summed E-state index contributed by atoms with van der Waals surface area (Å²) >= 11 is 1.71. The first-order chi connectivity index (χ1) is 5.89. The molecule has 0 fully saturated rings. The van der Waals surface area contributed by atoms with E-state index in [-0.39, 0.29) is 5.41 Å². The summed E-state index contributed by atoms with van der Waals surface area (Å²) in [6, 6.07) is 4.11. The first-order valence-electron chi connectivity index (χ1n) is 4.48. The Balaban J connectivity index is 2.65. The third-order valence-electron chi connectivity index (χ3n) is 1.97. The van der Waals surface area contributed by atoms with Gasteiger partial charge >= 0.3 is 0 Å². The molecule has 0 aliphatic rings. The lowest BCUT2D eigenvalue weighted by atomic mass is 9.89. The number of ketones is 1. The number of hydrogen-bond acceptors (Lipinski definition) is 2. The van der Waals surface area contributed by atoms with Crippen molar-refractivity contribution in [1.29, 1.82) is 0 Å². The molecular formula is C11H16OS. The monoisotopic (exact) mass is 196 g/mol. The Morgan fingerprint density at radius 2 is 2.00 bits per heavy atom. The average Bonchev–Trinajstić information content (AvgIpc) is 2.33. The zero-order chi connectivity index (χ0) is 10.1. The van der Waals surface area contributed by atoms with Crippen LogP contribution < -0.4 is 0 Å². The molecule has 0 aromatic carbocycles. The first-order valence-corrected chi connectivity index (χ1v) is 5.30. The van der Waals surface area contributed by atoms with Gasteiger partial charge in [-0.15, -0.1) is 11.3 Å². The Hall–Kier alpha value is -0.630. The van der Waals surface area contributed by atoms with Gasteiger partial charge in [0, 0.05) is 21.6 Å². The fourth-order valence-corrected chi connectivity index (χ4v) is 1.89. The quantitative estimate of drug-likeness (QED) is 0.710. The van der Waals surface area contributed by atoms with E-state index in [4.69, 9.17) is 0 Å². The molecule has 1 rings (SSSR count). The SMILES string of the molecule is Cc1ccc(CC(=O)C(C)(C)C)s1. The molecule has 1 aromatic heterocycles. The van der Waals surface area contributed by atoms with E-state index < -0.39 is 0 Å². The molecule has 0 amide bonds. The van der Waals surface area contributed by atoms with Gasteiger partial charge in [0.2, 0.25) is 0 Å². The van der Waals surface area contributed by atoms with Gasteiger partial charge in [0.15, 0.2) is 0 Å². The lowest BCUT2D eigenvalue weighted by molar-refractivity contribution is -0.125. The topological polar surface area (TPSA) is 17.1 Å². The summed E-state index contributed by atoms with van der Waals surface area (Å²) in [5.74, 6) is 0.314. The fourth-order valence-electron chi connectivity index (χ4n) is 1.00. The Labute approximate surface area is 83.8 Å². The van der Waals surface area contributed by atoms with Crippen LogP contribution in [0, 0.1) is 12.3 Å². The molecule has 2 heteroatoms. The summed E-state index contributed by atoms with van der Waals surface area (Å²) in [5.41, 5.74) is -0.210. The maximum Gasteiger partial charge on any atom is 0.143 e. The van der Waals surface area contributed by atoms with Crippen LogP contribution in [-0.4, -0.2) is 5.78 Å². The van der Waals surface area contributed by atoms with Crippen LogP contribution in [0.25, 0.3) is 0 Å². The molecule has 0 bridgehead atoms. The van der Waals surface area contributed by atoms with Gasteiger partial charge in [0.1, 0.15) is 5.78 Å². The molecule has 0 N–H and O–H groups in total. The van der Waals surface area contributed by atoms with Gasteiger partial charge in [0.25, 0.3) is 0 Å². The molecule has 0 spiro atoms. The molecule has 0 radical (unpaired) electrons. The van der Waals surface area contributed by atoms with Gasteiger partial charge in [-0.25, -0.2) is 0 Å². The van der Waals surface area contributed by atoms with Gasteiger partial charge < -0.3 is 0 Å².